The summed E-state index contributed by atoms with van der Waals surface area (Å²) >= 11 is 0. The zero-order valence-electron chi connectivity index (χ0n) is 11.8. The van der Waals surface area contributed by atoms with Gasteiger partial charge in [0.1, 0.15) is 5.82 Å². The molecule has 21 heavy (non-hydrogen) atoms. The smallest absolute Gasteiger partial charge is 0.170 e. The predicted molar refractivity (Wildman–Crippen MR) is 82.1 cm³/mol. The number of rotatable bonds is 5. The van der Waals surface area contributed by atoms with Crippen LogP contribution in [0.25, 0.3) is 0 Å². The Balaban J connectivity index is 2.05. The molecule has 2 aromatic rings. The summed E-state index contributed by atoms with van der Waals surface area (Å²) in [6.45, 7) is 2.47. The molecule has 0 unspecified atom stereocenters. The molecule has 0 radical (unpaired) electrons. The molecule has 0 fully saturated rings. The van der Waals surface area contributed by atoms with Gasteiger partial charge < -0.3 is 16.3 Å². The first-order valence-corrected chi connectivity index (χ1v) is 6.73. The largest absolute Gasteiger partial charge is 0.409 e. The van der Waals surface area contributed by atoms with Crippen LogP contribution in [-0.2, 0) is 13.0 Å². The van der Waals surface area contributed by atoms with Crippen molar-refractivity contribution in [2.75, 3.05) is 5.32 Å². The van der Waals surface area contributed by atoms with E-state index in [-0.39, 0.29) is 5.84 Å². The number of anilines is 1. The maximum absolute atomic E-state index is 13.9. The van der Waals surface area contributed by atoms with Crippen molar-refractivity contribution >= 4 is 11.5 Å². The number of nitrogens with two attached hydrogens (primary N) is 1. The van der Waals surface area contributed by atoms with Gasteiger partial charge in [-0.25, -0.2) is 4.39 Å². The minimum atomic E-state index is -0.392. The van der Waals surface area contributed by atoms with Crippen LogP contribution in [-0.4, -0.2) is 11.0 Å². The summed E-state index contributed by atoms with van der Waals surface area (Å²) in [5.74, 6) is -0.500. The Bertz CT molecular complexity index is 638. The lowest BCUT2D eigenvalue weighted by Crippen LogP contribution is -2.14. The van der Waals surface area contributed by atoms with Crippen molar-refractivity contribution in [2.24, 2.45) is 10.9 Å². The van der Waals surface area contributed by atoms with Crippen LogP contribution in [0.3, 0.4) is 0 Å². The first-order valence-electron chi connectivity index (χ1n) is 6.73. The van der Waals surface area contributed by atoms with Crippen LogP contribution >= 0.6 is 0 Å². The average molecular weight is 287 g/mol. The van der Waals surface area contributed by atoms with Crippen molar-refractivity contribution in [3.8, 4) is 0 Å². The maximum atomic E-state index is 13.9. The summed E-state index contributed by atoms with van der Waals surface area (Å²) < 4.78 is 13.9. The number of hydrogen-bond acceptors (Lipinski definition) is 3. The summed E-state index contributed by atoms with van der Waals surface area (Å²) in [6.07, 6.45) is 0.990. The Morgan fingerprint density at radius 3 is 2.52 bits per heavy atom. The van der Waals surface area contributed by atoms with Gasteiger partial charge in [0.25, 0.3) is 0 Å². The fraction of sp³-hybridized carbons (Fsp3) is 0.188. The highest BCUT2D eigenvalue weighted by Crippen LogP contribution is 2.15. The second kappa shape index (κ2) is 6.74. The molecule has 0 aliphatic carbocycles. The van der Waals surface area contributed by atoms with Crippen LogP contribution in [0.5, 0.6) is 0 Å². The van der Waals surface area contributed by atoms with E-state index in [9.17, 15) is 4.39 Å². The normalized spacial score (nSPS) is 11.4. The fourth-order valence-electron chi connectivity index (χ4n) is 1.96. The van der Waals surface area contributed by atoms with Crippen molar-refractivity contribution < 1.29 is 9.60 Å². The van der Waals surface area contributed by atoms with Crippen molar-refractivity contribution in [3.05, 3.63) is 65.0 Å². The fourth-order valence-corrected chi connectivity index (χ4v) is 1.96. The van der Waals surface area contributed by atoms with Gasteiger partial charge in [-0.3, -0.25) is 0 Å². The number of nitrogens with one attached hydrogen (secondary N) is 1. The second-order valence-electron chi connectivity index (χ2n) is 4.70. The van der Waals surface area contributed by atoms with Gasteiger partial charge in [-0.2, -0.15) is 0 Å². The molecule has 110 valence electrons. The van der Waals surface area contributed by atoms with Crippen LogP contribution < -0.4 is 11.1 Å². The molecule has 0 aromatic heterocycles. The molecule has 0 aliphatic heterocycles. The first kappa shape index (κ1) is 14.8. The summed E-state index contributed by atoms with van der Waals surface area (Å²) in [7, 11) is 0. The average Bonchev–Trinajstić information content (AvgIpc) is 2.53. The molecule has 0 amide bonds. The minimum Gasteiger partial charge on any atom is -0.409 e. The summed E-state index contributed by atoms with van der Waals surface area (Å²) in [5.41, 5.74) is 8.49. The summed E-state index contributed by atoms with van der Waals surface area (Å²) in [6, 6.07) is 12.5. The van der Waals surface area contributed by atoms with Crippen molar-refractivity contribution in [2.45, 2.75) is 19.9 Å². The highest BCUT2D eigenvalue weighted by atomic mass is 19.1. The van der Waals surface area contributed by atoms with E-state index in [4.69, 9.17) is 10.9 Å². The van der Waals surface area contributed by atoms with E-state index in [1.807, 2.05) is 24.3 Å². The van der Waals surface area contributed by atoms with Crippen LogP contribution in [0.4, 0.5) is 10.1 Å². The highest BCUT2D eigenvalue weighted by molar-refractivity contribution is 5.97. The molecular weight excluding hydrogens is 269 g/mol. The van der Waals surface area contributed by atoms with Crippen LogP contribution in [0.1, 0.15) is 23.6 Å². The van der Waals surface area contributed by atoms with E-state index in [1.165, 1.54) is 11.6 Å². The van der Waals surface area contributed by atoms with Gasteiger partial charge in [0, 0.05) is 23.4 Å². The highest BCUT2D eigenvalue weighted by Gasteiger charge is 2.06. The lowest BCUT2D eigenvalue weighted by molar-refractivity contribution is 0.318. The van der Waals surface area contributed by atoms with E-state index >= 15 is 0 Å². The van der Waals surface area contributed by atoms with Gasteiger partial charge >= 0.3 is 0 Å². The van der Waals surface area contributed by atoms with Gasteiger partial charge in [-0.1, -0.05) is 36.3 Å². The number of amidine groups is 1. The van der Waals surface area contributed by atoms with Gasteiger partial charge in [0.2, 0.25) is 0 Å². The monoisotopic (exact) mass is 287 g/mol. The molecule has 0 saturated heterocycles. The van der Waals surface area contributed by atoms with Gasteiger partial charge in [0.15, 0.2) is 5.84 Å². The minimum absolute atomic E-state index is 0.108. The Kier molecular flexibility index (Phi) is 4.77. The lowest BCUT2D eigenvalue weighted by atomic mass is 10.1. The molecule has 0 spiro atoms. The number of oxime groups is 1. The molecular formula is C16H18FN3O. The SMILES string of the molecule is CCc1ccc(NCc2ccc(C(N)=NO)cc2F)cc1. The van der Waals surface area contributed by atoms with Crippen molar-refractivity contribution in [1.82, 2.24) is 0 Å². The second-order valence-corrected chi connectivity index (χ2v) is 4.70. The molecule has 0 atom stereocenters. The van der Waals surface area contributed by atoms with E-state index in [1.54, 1.807) is 12.1 Å². The number of benzene rings is 2. The van der Waals surface area contributed by atoms with E-state index in [0.29, 0.717) is 17.7 Å². The zero-order valence-corrected chi connectivity index (χ0v) is 11.8. The molecule has 0 saturated carbocycles. The van der Waals surface area contributed by atoms with Gasteiger partial charge in [-0.05, 0) is 30.2 Å². The number of hydrogen-bond donors (Lipinski definition) is 3. The van der Waals surface area contributed by atoms with Crippen molar-refractivity contribution in [3.63, 3.8) is 0 Å². The topological polar surface area (TPSA) is 70.6 Å². The standard InChI is InChI=1S/C16H18FN3O/c1-2-11-3-7-14(8-4-11)19-10-13-6-5-12(9-15(13)17)16(18)20-21/h3-9,19,21H,2,10H2,1H3,(H2,18,20). The lowest BCUT2D eigenvalue weighted by Gasteiger charge is -2.09. The van der Waals surface area contributed by atoms with Crippen LogP contribution in [0.2, 0.25) is 0 Å². The quantitative estimate of drug-likeness (QED) is 0.342. The predicted octanol–water partition coefficient (Wildman–Crippen LogP) is 3.09. The molecule has 4 N–H and O–H groups in total. The first-order chi connectivity index (χ1) is 10.1. The number of aryl methyl sites for hydroxylation is 1. The molecule has 0 bridgehead atoms. The van der Waals surface area contributed by atoms with E-state index < -0.39 is 5.82 Å². The van der Waals surface area contributed by atoms with Gasteiger partial charge in [0.05, 0.1) is 0 Å². The third kappa shape index (κ3) is 3.72. The molecule has 2 rings (SSSR count). The van der Waals surface area contributed by atoms with E-state index in [2.05, 4.69) is 17.4 Å². The maximum Gasteiger partial charge on any atom is 0.170 e. The number of halogens is 1. The number of nitrogens with zero attached hydrogens (tertiary/aromatic N) is 1. The Morgan fingerprint density at radius 1 is 1.24 bits per heavy atom. The van der Waals surface area contributed by atoms with E-state index in [0.717, 1.165) is 12.1 Å². The Morgan fingerprint density at radius 2 is 1.95 bits per heavy atom. The summed E-state index contributed by atoms with van der Waals surface area (Å²) in [4.78, 5) is 0. The van der Waals surface area contributed by atoms with Crippen molar-refractivity contribution in [1.29, 1.82) is 0 Å². The molecule has 0 aliphatic rings. The molecule has 4 nitrogen and oxygen atoms in total. The molecule has 0 heterocycles. The third-order valence-corrected chi connectivity index (χ3v) is 3.30. The summed E-state index contributed by atoms with van der Waals surface area (Å²) in [5, 5.41) is 14.6. The van der Waals surface area contributed by atoms with Crippen LogP contribution in [0.15, 0.2) is 47.6 Å². The molecule has 5 heteroatoms. The van der Waals surface area contributed by atoms with Crippen LogP contribution in [0, 0.1) is 5.82 Å². The third-order valence-electron chi connectivity index (χ3n) is 3.30. The van der Waals surface area contributed by atoms with Gasteiger partial charge in [-0.15, -0.1) is 0 Å². The Hall–Kier alpha value is -2.56. The Labute approximate surface area is 123 Å². The molecule has 2 aromatic carbocycles. The zero-order chi connectivity index (χ0) is 15.2.